The summed E-state index contributed by atoms with van der Waals surface area (Å²) in [5.41, 5.74) is 0. The van der Waals surface area contributed by atoms with Gasteiger partial charge in [-0.15, -0.1) is 0 Å². The normalized spacial score (nSPS) is 44.1. The van der Waals surface area contributed by atoms with Gasteiger partial charge in [0.2, 0.25) is 0 Å². The van der Waals surface area contributed by atoms with Crippen LogP contribution in [0.4, 0.5) is 0 Å². The standard InChI is InChI=1S/C8H12O3/c9-7-1-5-3-11-4-6(2-7)8(5)10/h5-6,8,10H,1-4H2. The molecule has 2 unspecified atom stereocenters. The van der Waals surface area contributed by atoms with Crippen molar-refractivity contribution < 1.29 is 14.6 Å². The van der Waals surface area contributed by atoms with E-state index in [1.165, 1.54) is 0 Å². The monoisotopic (exact) mass is 156 g/mol. The molecule has 1 saturated carbocycles. The number of ether oxygens (including phenoxy) is 1. The molecule has 0 amide bonds. The Balaban J connectivity index is 2.12. The van der Waals surface area contributed by atoms with E-state index >= 15 is 0 Å². The van der Waals surface area contributed by atoms with Crippen molar-refractivity contribution in [3.8, 4) is 0 Å². The molecule has 2 rings (SSSR count). The predicted octanol–water partition coefficient (Wildman–Crippen LogP) is -0.0272. The predicted molar refractivity (Wildman–Crippen MR) is 38.0 cm³/mol. The van der Waals surface area contributed by atoms with Gasteiger partial charge in [-0.2, -0.15) is 0 Å². The summed E-state index contributed by atoms with van der Waals surface area (Å²) >= 11 is 0. The number of carbonyl (C=O) groups is 1. The lowest BCUT2D eigenvalue weighted by atomic mass is 9.77. The van der Waals surface area contributed by atoms with Gasteiger partial charge in [0.1, 0.15) is 5.78 Å². The van der Waals surface area contributed by atoms with Crippen LogP contribution in [0, 0.1) is 11.8 Å². The molecule has 1 N–H and O–H groups in total. The van der Waals surface area contributed by atoms with E-state index in [4.69, 9.17) is 4.74 Å². The molecular weight excluding hydrogens is 144 g/mol. The molecule has 1 saturated heterocycles. The maximum Gasteiger partial charge on any atom is 0.133 e. The highest BCUT2D eigenvalue weighted by atomic mass is 16.5. The van der Waals surface area contributed by atoms with Crippen LogP contribution < -0.4 is 0 Å². The lowest BCUT2D eigenvalue weighted by Gasteiger charge is -2.38. The summed E-state index contributed by atoms with van der Waals surface area (Å²) in [4.78, 5) is 11.1. The minimum atomic E-state index is -0.290. The van der Waals surface area contributed by atoms with Crippen molar-refractivity contribution in [2.45, 2.75) is 18.9 Å². The molecule has 11 heavy (non-hydrogen) atoms. The van der Waals surface area contributed by atoms with Gasteiger partial charge in [0.05, 0.1) is 19.3 Å². The van der Waals surface area contributed by atoms with Gasteiger partial charge in [-0.3, -0.25) is 4.79 Å². The first-order valence-corrected chi connectivity index (χ1v) is 4.05. The molecule has 1 aliphatic carbocycles. The molecule has 3 nitrogen and oxygen atoms in total. The fourth-order valence-electron chi connectivity index (χ4n) is 1.98. The van der Waals surface area contributed by atoms with Crippen molar-refractivity contribution in [2.75, 3.05) is 13.2 Å². The van der Waals surface area contributed by atoms with Crippen molar-refractivity contribution in [1.82, 2.24) is 0 Å². The van der Waals surface area contributed by atoms with Crippen LogP contribution in [0.5, 0.6) is 0 Å². The zero-order chi connectivity index (χ0) is 7.84. The lowest BCUT2D eigenvalue weighted by Crippen LogP contribution is -2.46. The third-order valence-corrected chi connectivity index (χ3v) is 2.61. The second-order valence-electron chi connectivity index (χ2n) is 3.50. The molecule has 0 aromatic carbocycles. The molecule has 2 aliphatic rings. The molecule has 0 aromatic heterocycles. The third-order valence-electron chi connectivity index (χ3n) is 2.61. The van der Waals surface area contributed by atoms with E-state index in [0.717, 1.165) is 0 Å². The van der Waals surface area contributed by atoms with Gasteiger partial charge in [0.25, 0.3) is 0 Å². The second kappa shape index (κ2) is 2.57. The Morgan fingerprint density at radius 2 is 1.82 bits per heavy atom. The highest BCUT2D eigenvalue weighted by molar-refractivity contribution is 5.80. The number of Topliss-reactive ketones (excluding diaryl/α,β-unsaturated/α-hetero) is 1. The van der Waals surface area contributed by atoms with E-state index in [0.29, 0.717) is 26.1 Å². The average molecular weight is 156 g/mol. The van der Waals surface area contributed by atoms with Crippen LogP contribution in [0.15, 0.2) is 0 Å². The van der Waals surface area contributed by atoms with Crippen LogP contribution >= 0.6 is 0 Å². The minimum Gasteiger partial charge on any atom is -0.392 e. The molecule has 62 valence electrons. The first-order valence-electron chi connectivity index (χ1n) is 4.05. The van der Waals surface area contributed by atoms with Gasteiger partial charge in [-0.25, -0.2) is 0 Å². The summed E-state index contributed by atoms with van der Waals surface area (Å²) in [6.45, 7) is 1.12. The Morgan fingerprint density at radius 3 is 2.36 bits per heavy atom. The SMILES string of the molecule is O=C1CC2COCC(C1)C2O. The Labute approximate surface area is 65.4 Å². The summed E-state index contributed by atoms with van der Waals surface area (Å²) in [6, 6.07) is 0. The van der Waals surface area contributed by atoms with Gasteiger partial charge in [0, 0.05) is 24.7 Å². The lowest BCUT2D eigenvalue weighted by molar-refractivity contribution is -0.142. The van der Waals surface area contributed by atoms with Gasteiger partial charge < -0.3 is 9.84 Å². The number of fused-ring (bicyclic) bond motifs is 2. The molecular formula is C8H12O3. The van der Waals surface area contributed by atoms with Gasteiger partial charge in [0.15, 0.2) is 0 Å². The maximum absolute atomic E-state index is 11.1. The Kier molecular flexibility index (Phi) is 1.69. The second-order valence-corrected chi connectivity index (χ2v) is 3.50. The topological polar surface area (TPSA) is 46.5 Å². The van der Waals surface area contributed by atoms with E-state index in [9.17, 15) is 9.90 Å². The van der Waals surface area contributed by atoms with E-state index in [1.54, 1.807) is 0 Å². The van der Waals surface area contributed by atoms with Crippen LogP contribution in [0.25, 0.3) is 0 Å². The molecule has 2 fully saturated rings. The highest BCUT2D eigenvalue weighted by Crippen LogP contribution is 2.31. The van der Waals surface area contributed by atoms with E-state index in [-0.39, 0.29) is 23.7 Å². The first-order chi connectivity index (χ1) is 5.27. The zero-order valence-electron chi connectivity index (χ0n) is 6.32. The van der Waals surface area contributed by atoms with Crippen LogP contribution in [0.3, 0.4) is 0 Å². The van der Waals surface area contributed by atoms with Crippen LogP contribution in [-0.2, 0) is 9.53 Å². The summed E-state index contributed by atoms with van der Waals surface area (Å²) < 4.78 is 5.24. The average Bonchev–Trinajstić information content (AvgIpc) is 1.92. The molecule has 2 bridgehead atoms. The van der Waals surface area contributed by atoms with Crippen molar-refractivity contribution in [2.24, 2.45) is 11.8 Å². The molecule has 1 heterocycles. The Morgan fingerprint density at radius 1 is 1.27 bits per heavy atom. The van der Waals surface area contributed by atoms with E-state index in [2.05, 4.69) is 0 Å². The molecule has 1 aliphatic heterocycles. The maximum atomic E-state index is 11.1. The van der Waals surface area contributed by atoms with Crippen molar-refractivity contribution in [1.29, 1.82) is 0 Å². The number of carbonyl (C=O) groups excluding carboxylic acids is 1. The molecule has 0 radical (unpaired) electrons. The molecule has 2 atom stereocenters. The number of ketones is 1. The Bertz CT molecular complexity index is 162. The van der Waals surface area contributed by atoms with Crippen molar-refractivity contribution in [3.63, 3.8) is 0 Å². The van der Waals surface area contributed by atoms with Crippen LogP contribution in [0.1, 0.15) is 12.8 Å². The van der Waals surface area contributed by atoms with Crippen molar-refractivity contribution in [3.05, 3.63) is 0 Å². The zero-order valence-corrected chi connectivity index (χ0v) is 6.32. The quantitative estimate of drug-likeness (QED) is 0.536. The number of hydrogen-bond acceptors (Lipinski definition) is 3. The summed E-state index contributed by atoms with van der Waals surface area (Å²) in [6.07, 6.45) is 0.733. The van der Waals surface area contributed by atoms with Gasteiger partial charge in [-0.05, 0) is 0 Å². The smallest absolute Gasteiger partial charge is 0.133 e. The fourth-order valence-corrected chi connectivity index (χ4v) is 1.98. The van der Waals surface area contributed by atoms with Gasteiger partial charge in [-0.1, -0.05) is 0 Å². The first kappa shape index (κ1) is 7.25. The number of aliphatic hydroxyl groups is 1. The summed E-state index contributed by atoms with van der Waals surface area (Å²) in [5, 5.41) is 9.57. The molecule has 0 spiro atoms. The van der Waals surface area contributed by atoms with E-state index < -0.39 is 0 Å². The van der Waals surface area contributed by atoms with Crippen molar-refractivity contribution >= 4 is 5.78 Å². The fraction of sp³-hybridized carbons (Fsp3) is 0.875. The molecule has 0 aromatic rings. The third kappa shape index (κ3) is 1.19. The number of hydrogen-bond donors (Lipinski definition) is 1. The number of aliphatic hydroxyl groups excluding tert-OH is 1. The Hall–Kier alpha value is -0.410. The van der Waals surface area contributed by atoms with Gasteiger partial charge >= 0.3 is 0 Å². The van der Waals surface area contributed by atoms with Crippen LogP contribution in [-0.4, -0.2) is 30.2 Å². The molecule has 3 heteroatoms. The number of rotatable bonds is 0. The summed E-state index contributed by atoms with van der Waals surface area (Å²) in [5.74, 6) is 0.443. The largest absolute Gasteiger partial charge is 0.392 e. The van der Waals surface area contributed by atoms with E-state index in [1.807, 2.05) is 0 Å². The van der Waals surface area contributed by atoms with Crippen LogP contribution in [0.2, 0.25) is 0 Å². The highest BCUT2D eigenvalue weighted by Gasteiger charge is 2.39. The minimum absolute atomic E-state index is 0.0787. The summed E-state index contributed by atoms with van der Waals surface area (Å²) in [7, 11) is 0.